The van der Waals surface area contributed by atoms with Crippen LogP contribution in [-0.2, 0) is 10.0 Å². The lowest BCUT2D eigenvalue weighted by Crippen LogP contribution is -2.18. The summed E-state index contributed by atoms with van der Waals surface area (Å²) < 4.78 is 40.9. The second kappa shape index (κ2) is 9.13. The molecule has 0 saturated carbocycles. The Morgan fingerprint density at radius 3 is 2.42 bits per heavy atom. The molecule has 0 atom stereocenters. The number of carbonyl (C=O) groups excluding carboxylic acids is 1. The van der Waals surface area contributed by atoms with Crippen molar-refractivity contribution >= 4 is 38.1 Å². The Morgan fingerprint density at radius 2 is 1.70 bits per heavy atom. The number of amides is 1. The van der Waals surface area contributed by atoms with Gasteiger partial charge in [-0.1, -0.05) is 24.3 Å². The van der Waals surface area contributed by atoms with Crippen molar-refractivity contribution in [3.63, 3.8) is 0 Å². The van der Waals surface area contributed by atoms with Gasteiger partial charge < -0.3 is 0 Å². The molecule has 0 fully saturated rings. The van der Waals surface area contributed by atoms with Crippen molar-refractivity contribution in [3.8, 4) is 11.3 Å². The number of sulfonamides is 1. The first-order valence-corrected chi connectivity index (χ1v) is 12.3. The van der Waals surface area contributed by atoms with E-state index in [-0.39, 0.29) is 16.1 Å². The Bertz CT molecular complexity index is 1430. The van der Waals surface area contributed by atoms with E-state index in [1.807, 2.05) is 37.4 Å². The van der Waals surface area contributed by atoms with Gasteiger partial charge in [-0.05, 0) is 67.4 Å². The highest BCUT2D eigenvalue weighted by Gasteiger charge is 2.19. The molecule has 3 aromatic carbocycles. The van der Waals surface area contributed by atoms with Gasteiger partial charge in [0.2, 0.25) is 0 Å². The number of benzene rings is 3. The number of aryl methyl sites for hydroxylation is 2. The number of anilines is 2. The first-order chi connectivity index (χ1) is 15.7. The molecule has 1 amide bonds. The highest BCUT2D eigenvalue weighted by atomic mass is 32.2. The van der Waals surface area contributed by atoms with Crippen LogP contribution in [0.5, 0.6) is 0 Å². The number of hydrogen-bond acceptors (Lipinski definition) is 5. The van der Waals surface area contributed by atoms with Gasteiger partial charge in [0, 0.05) is 10.9 Å². The molecule has 0 aliphatic heterocycles. The van der Waals surface area contributed by atoms with Crippen molar-refractivity contribution in [1.82, 2.24) is 4.98 Å². The molecule has 0 bridgehead atoms. The van der Waals surface area contributed by atoms with Crippen LogP contribution in [0.25, 0.3) is 11.3 Å². The zero-order chi connectivity index (χ0) is 23.6. The van der Waals surface area contributed by atoms with Gasteiger partial charge in [-0.25, -0.2) is 17.8 Å². The van der Waals surface area contributed by atoms with Gasteiger partial charge in [-0.15, -0.1) is 11.3 Å². The summed E-state index contributed by atoms with van der Waals surface area (Å²) in [6.07, 6.45) is 0. The molecule has 33 heavy (non-hydrogen) atoms. The largest absolute Gasteiger partial charge is 0.298 e. The average molecular weight is 482 g/mol. The van der Waals surface area contributed by atoms with Crippen LogP contribution < -0.4 is 10.0 Å². The molecule has 4 aromatic rings. The van der Waals surface area contributed by atoms with Crippen molar-refractivity contribution < 1.29 is 17.6 Å². The summed E-state index contributed by atoms with van der Waals surface area (Å²) in [6.45, 7) is 4.06. The van der Waals surface area contributed by atoms with E-state index in [1.165, 1.54) is 29.0 Å². The van der Waals surface area contributed by atoms with Gasteiger partial charge in [0.25, 0.3) is 15.9 Å². The SMILES string of the molecule is Cc1ccc(-c2csc(NC(=O)c3ccccc3NS(=O)(=O)c3ccc(F)cc3)n2)cc1C. The van der Waals surface area contributed by atoms with E-state index in [0.717, 1.165) is 41.1 Å². The highest BCUT2D eigenvalue weighted by Crippen LogP contribution is 2.28. The summed E-state index contributed by atoms with van der Waals surface area (Å²) in [5.41, 5.74) is 4.25. The van der Waals surface area contributed by atoms with E-state index >= 15 is 0 Å². The van der Waals surface area contributed by atoms with E-state index in [0.29, 0.717) is 5.13 Å². The predicted molar refractivity (Wildman–Crippen MR) is 129 cm³/mol. The summed E-state index contributed by atoms with van der Waals surface area (Å²) in [4.78, 5) is 17.3. The van der Waals surface area contributed by atoms with Gasteiger partial charge >= 0.3 is 0 Å². The molecule has 0 saturated heterocycles. The average Bonchev–Trinajstić information content (AvgIpc) is 3.24. The minimum atomic E-state index is -4.01. The fraction of sp³-hybridized carbons (Fsp3) is 0.0833. The zero-order valence-corrected chi connectivity index (χ0v) is 19.4. The molecule has 6 nitrogen and oxygen atoms in total. The quantitative estimate of drug-likeness (QED) is 0.374. The summed E-state index contributed by atoms with van der Waals surface area (Å²) in [5.74, 6) is -1.05. The van der Waals surface area contributed by atoms with E-state index in [9.17, 15) is 17.6 Å². The number of halogens is 1. The third-order valence-electron chi connectivity index (χ3n) is 5.07. The van der Waals surface area contributed by atoms with Crippen molar-refractivity contribution in [1.29, 1.82) is 0 Å². The first-order valence-electron chi connectivity index (χ1n) is 9.95. The third kappa shape index (κ3) is 5.10. The highest BCUT2D eigenvalue weighted by molar-refractivity contribution is 7.92. The molecule has 1 heterocycles. The standard InChI is InChI=1S/C24H20FN3O3S2/c1-15-7-8-17(13-16(15)2)22-14-32-24(26-22)27-23(29)20-5-3-4-6-21(20)28-33(30,31)19-11-9-18(25)10-12-19/h3-14,28H,1-2H3,(H,26,27,29). The molecule has 0 aliphatic rings. The van der Waals surface area contributed by atoms with Crippen molar-refractivity contribution in [3.05, 3.63) is 94.6 Å². The molecule has 1 aromatic heterocycles. The maximum absolute atomic E-state index is 13.2. The number of nitrogens with one attached hydrogen (secondary N) is 2. The maximum Gasteiger partial charge on any atom is 0.261 e. The van der Waals surface area contributed by atoms with Crippen molar-refractivity contribution in [2.45, 2.75) is 18.7 Å². The molecule has 0 unspecified atom stereocenters. The van der Waals surface area contributed by atoms with E-state index in [1.54, 1.807) is 12.1 Å². The first kappa shape index (κ1) is 22.6. The Balaban J connectivity index is 1.55. The molecule has 9 heteroatoms. The van der Waals surface area contributed by atoms with E-state index in [2.05, 4.69) is 15.0 Å². The molecular formula is C24H20FN3O3S2. The van der Waals surface area contributed by atoms with Crippen molar-refractivity contribution in [2.75, 3.05) is 10.0 Å². The van der Waals surface area contributed by atoms with Crippen LogP contribution in [0.1, 0.15) is 21.5 Å². The monoisotopic (exact) mass is 481 g/mol. The van der Waals surface area contributed by atoms with Crippen LogP contribution in [-0.4, -0.2) is 19.3 Å². The summed E-state index contributed by atoms with van der Waals surface area (Å²) in [6, 6.07) is 16.7. The fourth-order valence-electron chi connectivity index (χ4n) is 3.12. The molecule has 2 N–H and O–H groups in total. The number of para-hydroxylation sites is 1. The minimum absolute atomic E-state index is 0.102. The number of carbonyl (C=O) groups is 1. The number of aromatic nitrogens is 1. The van der Waals surface area contributed by atoms with Crippen LogP contribution in [0.2, 0.25) is 0 Å². The summed E-state index contributed by atoms with van der Waals surface area (Å²) >= 11 is 1.28. The van der Waals surface area contributed by atoms with Gasteiger partial charge in [-0.3, -0.25) is 14.8 Å². The number of hydrogen-bond donors (Lipinski definition) is 2. The summed E-state index contributed by atoms with van der Waals surface area (Å²) in [7, 11) is -4.01. The molecular weight excluding hydrogens is 461 g/mol. The van der Waals surface area contributed by atoms with Crippen LogP contribution in [0, 0.1) is 19.7 Å². The Kier molecular flexibility index (Phi) is 6.26. The normalized spacial score (nSPS) is 11.2. The van der Waals surface area contributed by atoms with Gasteiger partial charge in [0.1, 0.15) is 5.82 Å². The van der Waals surface area contributed by atoms with Crippen LogP contribution in [0.3, 0.4) is 0 Å². The molecule has 0 radical (unpaired) electrons. The Labute approximate surface area is 195 Å². The second-order valence-corrected chi connectivity index (χ2v) is 9.94. The van der Waals surface area contributed by atoms with Crippen LogP contribution in [0.15, 0.2) is 77.0 Å². The molecule has 4 rings (SSSR count). The third-order valence-corrected chi connectivity index (χ3v) is 7.21. The second-order valence-electron chi connectivity index (χ2n) is 7.40. The Hall–Kier alpha value is -3.56. The number of rotatable bonds is 6. The predicted octanol–water partition coefficient (Wildman–Crippen LogP) is 5.62. The van der Waals surface area contributed by atoms with E-state index < -0.39 is 21.7 Å². The Morgan fingerprint density at radius 1 is 0.970 bits per heavy atom. The minimum Gasteiger partial charge on any atom is -0.298 e. The van der Waals surface area contributed by atoms with Crippen molar-refractivity contribution in [2.24, 2.45) is 0 Å². The van der Waals surface area contributed by atoms with Gasteiger partial charge in [0.15, 0.2) is 5.13 Å². The number of nitrogens with zero attached hydrogens (tertiary/aromatic N) is 1. The van der Waals surface area contributed by atoms with Gasteiger partial charge in [0.05, 0.1) is 21.8 Å². The topological polar surface area (TPSA) is 88.2 Å². The van der Waals surface area contributed by atoms with Crippen LogP contribution >= 0.6 is 11.3 Å². The van der Waals surface area contributed by atoms with Gasteiger partial charge in [-0.2, -0.15) is 0 Å². The smallest absolute Gasteiger partial charge is 0.261 e. The lowest BCUT2D eigenvalue weighted by molar-refractivity contribution is 0.102. The number of thiazole rings is 1. The lowest BCUT2D eigenvalue weighted by atomic mass is 10.1. The lowest BCUT2D eigenvalue weighted by Gasteiger charge is -2.12. The van der Waals surface area contributed by atoms with Crippen LogP contribution in [0.4, 0.5) is 15.2 Å². The summed E-state index contributed by atoms with van der Waals surface area (Å²) in [5, 5.41) is 4.97. The maximum atomic E-state index is 13.2. The molecule has 0 spiro atoms. The molecule has 168 valence electrons. The van der Waals surface area contributed by atoms with E-state index in [4.69, 9.17) is 0 Å². The zero-order valence-electron chi connectivity index (χ0n) is 17.8. The fourth-order valence-corrected chi connectivity index (χ4v) is 4.91. The molecule has 0 aliphatic carbocycles.